The van der Waals surface area contributed by atoms with E-state index in [0.717, 1.165) is 33.8 Å². The lowest BCUT2D eigenvalue weighted by atomic mass is 10.1. The number of thiophene rings is 1. The number of hydrogen-bond acceptors (Lipinski definition) is 4. The molecule has 3 heterocycles. The molecule has 0 bridgehead atoms. The molecule has 0 spiro atoms. The number of aromatic nitrogens is 2. The monoisotopic (exact) mass is 292 g/mol. The van der Waals surface area contributed by atoms with Crippen LogP contribution in [0.3, 0.4) is 0 Å². The molecule has 1 aliphatic heterocycles. The van der Waals surface area contributed by atoms with Crippen LogP contribution in [0.25, 0.3) is 10.2 Å². The summed E-state index contributed by atoms with van der Waals surface area (Å²) in [6.07, 6.45) is 1.01. The first-order valence-corrected chi connectivity index (χ1v) is 7.77. The van der Waals surface area contributed by atoms with E-state index in [2.05, 4.69) is 12.0 Å². The van der Waals surface area contributed by atoms with Gasteiger partial charge in [-0.05, 0) is 38.8 Å². The van der Waals surface area contributed by atoms with Crippen LogP contribution in [0.2, 0.25) is 0 Å². The van der Waals surface area contributed by atoms with Gasteiger partial charge in [0.2, 0.25) is 0 Å². The Kier molecular flexibility index (Phi) is 3.30. The van der Waals surface area contributed by atoms with Crippen molar-refractivity contribution >= 4 is 27.5 Å². The summed E-state index contributed by atoms with van der Waals surface area (Å²) in [7, 11) is 1.92. The Morgan fingerprint density at radius 1 is 1.60 bits per heavy atom. The van der Waals surface area contributed by atoms with Gasteiger partial charge in [-0.2, -0.15) is 5.10 Å². The molecule has 108 valence electrons. The van der Waals surface area contributed by atoms with Crippen LogP contribution in [0, 0.1) is 12.8 Å². The first-order chi connectivity index (χ1) is 9.51. The van der Waals surface area contributed by atoms with Crippen molar-refractivity contribution in [3.05, 3.63) is 16.6 Å². The van der Waals surface area contributed by atoms with Crippen molar-refractivity contribution < 1.29 is 4.79 Å². The van der Waals surface area contributed by atoms with Crippen LogP contribution in [0.1, 0.15) is 28.7 Å². The lowest BCUT2D eigenvalue weighted by molar-refractivity contribution is 0.0748. The Bertz CT molecular complexity index is 625. The molecule has 20 heavy (non-hydrogen) atoms. The summed E-state index contributed by atoms with van der Waals surface area (Å²) in [5.41, 5.74) is 6.71. The van der Waals surface area contributed by atoms with Crippen molar-refractivity contribution in [3.63, 3.8) is 0 Å². The van der Waals surface area contributed by atoms with E-state index in [0.29, 0.717) is 12.5 Å². The number of fused-ring (bicyclic) bond motifs is 1. The van der Waals surface area contributed by atoms with E-state index in [9.17, 15) is 4.79 Å². The van der Waals surface area contributed by atoms with Gasteiger partial charge in [-0.1, -0.05) is 0 Å². The molecule has 0 aliphatic carbocycles. The maximum atomic E-state index is 12.7. The summed E-state index contributed by atoms with van der Waals surface area (Å²) in [6, 6.07) is 2.26. The predicted octanol–water partition coefficient (Wildman–Crippen LogP) is 1.75. The molecule has 1 saturated heterocycles. The normalized spacial score (nSPS) is 22.9. The Hall–Kier alpha value is -1.40. The maximum Gasteiger partial charge on any atom is 0.264 e. The molecular weight excluding hydrogens is 272 g/mol. The van der Waals surface area contributed by atoms with Gasteiger partial charge in [0.05, 0.1) is 10.6 Å². The minimum absolute atomic E-state index is 0.133. The van der Waals surface area contributed by atoms with Gasteiger partial charge in [-0.15, -0.1) is 11.3 Å². The zero-order valence-electron chi connectivity index (χ0n) is 12.1. The van der Waals surface area contributed by atoms with Crippen molar-refractivity contribution in [2.45, 2.75) is 26.3 Å². The third-order valence-electron chi connectivity index (χ3n) is 4.16. The molecule has 6 heteroatoms. The predicted molar refractivity (Wildman–Crippen MR) is 81.0 cm³/mol. The van der Waals surface area contributed by atoms with Crippen LogP contribution in [0.15, 0.2) is 6.07 Å². The molecule has 0 radical (unpaired) electrons. The molecule has 1 amide bonds. The highest BCUT2D eigenvalue weighted by Crippen LogP contribution is 2.31. The Morgan fingerprint density at radius 2 is 2.35 bits per heavy atom. The zero-order chi connectivity index (χ0) is 14.4. The molecule has 2 N–H and O–H groups in total. The Balaban J connectivity index is 1.91. The van der Waals surface area contributed by atoms with Crippen molar-refractivity contribution in [1.82, 2.24) is 14.7 Å². The molecule has 1 fully saturated rings. The number of rotatable bonds is 2. The summed E-state index contributed by atoms with van der Waals surface area (Å²) < 4.78 is 1.85. The van der Waals surface area contributed by atoms with E-state index in [4.69, 9.17) is 5.73 Å². The fourth-order valence-corrected chi connectivity index (χ4v) is 4.13. The highest BCUT2D eigenvalue weighted by molar-refractivity contribution is 7.20. The SMILES string of the molecule is Cc1nn(C)c2sc(C(=O)N3CC(CN)CC3C)cc12. The average molecular weight is 292 g/mol. The summed E-state index contributed by atoms with van der Waals surface area (Å²) in [5.74, 6) is 0.570. The van der Waals surface area contributed by atoms with Crippen molar-refractivity contribution in [3.8, 4) is 0 Å². The number of hydrogen-bond donors (Lipinski definition) is 1. The van der Waals surface area contributed by atoms with Gasteiger partial charge in [0, 0.05) is 25.0 Å². The molecule has 2 atom stereocenters. The highest BCUT2D eigenvalue weighted by Gasteiger charge is 2.33. The van der Waals surface area contributed by atoms with Crippen LogP contribution in [-0.2, 0) is 7.05 Å². The molecule has 0 aromatic carbocycles. The minimum atomic E-state index is 0.133. The second-order valence-electron chi connectivity index (χ2n) is 5.68. The number of nitrogens with zero attached hydrogens (tertiary/aromatic N) is 3. The lowest BCUT2D eigenvalue weighted by Gasteiger charge is -2.20. The van der Waals surface area contributed by atoms with E-state index >= 15 is 0 Å². The molecule has 3 rings (SSSR count). The fraction of sp³-hybridized carbons (Fsp3) is 0.571. The highest BCUT2D eigenvalue weighted by atomic mass is 32.1. The average Bonchev–Trinajstić information content (AvgIpc) is 3.06. The van der Waals surface area contributed by atoms with E-state index in [-0.39, 0.29) is 11.9 Å². The number of carbonyl (C=O) groups excluding carboxylic acids is 1. The summed E-state index contributed by atoms with van der Waals surface area (Å²) in [4.78, 5) is 16.5. The van der Waals surface area contributed by atoms with Crippen molar-refractivity contribution in [2.24, 2.45) is 18.7 Å². The molecule has 0 saturated carbocycles. The third kappa shape index (κ3) is 2.03. The Morgan fingerprint density at radius 3 is 2.95 bits per heavy atom. The molecular formula is C14H20N4OS. The van der Waals surface area contributed by atoms with Gasteiger partial charge in [0.25, 0.3) is 5.91 Å². The second kappa shape index (κ2) is 4.86. The van der Waals surface area contributed by atoms with Crippen LogP contribution in [0.4, 0.5) is 0 Å². The number of amides is 1. The molecule has 1 aliphatic rings. The number of nitrogens with two attached hydrogens (primary N) is 1. The summed E-state index contributed by atoms with van der Waals surface area (Å²) >= 11 is 1.53. The van der Waals surface area contributed by atoms with E-state index < -0.39 is 0 Å². The summed E-state index contributed by atoms with van der Waals surface area (Å²) in [5, 5.41) is 5.46. The molecule has 2 unspecified atom stereocenters. The second-order valence-corrected chi connectivity index (χ2v) is 6.71. The lowest BCUT2D eigenvalue weighted by Crippen LogP contribution is -2.33. The fourth-order valence-electron chi connectivity index (χ4n) is 3.05. The van der Waals surface area contributed by atoms with Gasteiger partial charge < -0.3 is 10.6 Å². The van der Waals surface area contributed by atoms with Crippen molar-refractivity contribution in [2.75, 3.05) is 13.1 Å². The molecule has 2 aromatic heterocycles. The quantitative estimate of drug-likeness (QED) is 0.917. The number of likely N-dealkylation sites (tertiary alicyclic amines) is 1. The van der Waals surface area contributed by atoms with Crippen LogP contribution in [-0.4, -0.2) is 39.7 Å². The zero-order valence-corrected chi connectivity index (χ0v) is 12.9. The van der Waals surface area contributed by atoms with Gasteiger partial charge in [-0.25, -0.2) is 0 Å². The van der Waals surface area contributed by atoms with Gasteiger partial charge in [0.1, 0.15) is 4.83 Å². The van der Waals surface area contributed by atoms with Crippen LogP contribution in [0.5, 0.6) is 0 Å². The van der Waals surface area contributed by atoms with Gasteiger partial charge in [0.15, 0.2) is 0 Å². The van der Waals surface area contributed by atoms with Gasteiger partial charge >= 0.3 is 0 Å². The third-order valence-corrected chi connectivity index (χ3v) is 5.35. The van der Waals surface area contributed by atoms with E-state index in [1.165, 1.54) is 11.3 Å². The van der Waals surface area contributed by atoms with E-state index in [1.807, 2.05) is 29.6 Å². The van der Waals surface area contributed by atoms with Gasteiger partial charge in [-0.3, -0.25) is 9.48 Å². The largest absolute Gasteiger partial charge is 0.335 e. The maximum absolute atomic E-state index is 12.7. The number of carbonyl (C=O) groups is 1. The van der Waals surface area contributed by atoms with Crippen LogP contribution >= 0.6 is 11.3 Å². The number of aryl methyl sites for hydroxylation is 2. The molecule has 2 aromatic rings. The van der Waals surface area contributed by atoms with Crippen LogP contribution < -0.4 is 5.73 Å². The minimum Gasteiger partial charge on any atom is -0.335 e. The Labute approximate surface area is 122 Å². The van der Waals surface area contributed by atoms with Crippen molar-refractivity contribution in [1.29, 1.82) is 0 Å². The first-order valence-electron chi connectivity index (χ1n) is 6.95. The smallest absolute Gasteiger partial charge is 0.264 e. The first kappa shape index (κ1) is 13.6. The standard InChI is InChI=1S/C14H20N4OS/c1-8-4-10(6-15)7-18(8)13(19)12-5-11-9(2)16-17(3)14(11)20-12/h5,8,10H,4,6-7,15H2,1-3H3. The molecule has 5 nitrogen and oxygen atoms in total. The van der Waals surface area contributed by atoms with E-state index in [1.54, 1.807) is 0 Å². The summed E-state index contributed by atoms with van der Waals surface area (Å²) in [6.45, 7) is 5.52. The topological polar surface area (TPSA) is 64.2 Å².